The Labute approximate surface area is 123 Å². The van der Waals surface area contributed by atoms with E-state index >= 15 is 0 Å². The lowest BCUT2D eigenvalue weighted by Crippen LogP contribution is -2.35. The topological polar surface area (TPSA) is 55.2 Å². The summed E-state index contributed by atoms with van der Waals surface area (Å²) in [5.74, 6) is 1.89. The van der Waals surface area contributed by atoms with E-state index in [-0.39, 0.29) is 5.69 Å². The Morgan fingerprint density at radius 2 is 2.19 bits per heavy atom. The van der Waals surface area contributed by atoms with Crippen LogP contribution in [0.1, 0.15) is 38.2 Å². The second-order valence-corrected chi connectivity index (χ2v) is 6.58. The van der Waals surface area contributed by atoms with Crippen molar-refractivity contribution in [1.29, 1.82) is 0 Å². The van der Waals surface area contributed by atoms with Gasteiger partial charge in [0.25, 0.3) is 5.69 Å². The molecule has 0 aromatic heterocycles. The molecule has 21 heavy (non-hydrogen) atoms. The lowest BCUT2D eigenvalue weighted by molar-refractivity contribution is -0.385. The first kappa shape index (κ1) is 14.4. The minimum absolute atomic E-state index is 0.181. The monoisotopic (exact) mass is 292 g/mol. The van der Waals surface area contributed by atoms with Crippen LogP contribution in [0.4, 0.5) is 10.1 Å². The zero-order chi connectivity index (χ0) is 15.0. The van der Waals surface area contributed by atoms with Crippen molar-refractivity contribution in [3.05, 3.63) is 39.7 Å². The van der Waals surface area contributed by atoms with Crippen molar-refractivity contribution in [3.8, 4) is 0 Å². The molecule has 4 atom stereocenters. The summed E-state index contributed by atoms with van der Waals surface area (Å²) >= 11 is 0. The van der Waals surface area contributed by atoms with Crippen LogP contribution in [0.3, 0.4) is 0 Å². The van der Waals surface area contributed by atoms with E-state index in [4.69, 9.17) is 0 Å². The third kappa shape index (κ3) is 3.07. The molecular formula is C16H21FN2O2. The molecule has 0 radical (unpaired) electrons. The van der Waals surface area contributed by atoms with Crippen molar-refractivity contribution in [1.82, 2.24) is 5.32 Å². The number of non-ortho nitro benzene ring substituents is 1. The zero-order valence-electron chi connectivity index (χ0n) is 12.2. The Hall–Kier alpha value is -1.49. The van der Waals surface area contributed by atoms with Crippen LogP contribution in [0.15, 0.2) is 18.2 Å². The average Bonchev–Trinajstić information content (AvgIpc) is 3.06. The molecule has 0 heterocycles. The van der Waals surface area contributed by atoms with Crippen LogP contribution in [0.5, 0.6) is 0 Å². The number of rotatable bonds is 5. The Bertz CT molecular complexity index is 549. The molecule has 3 rings (SSSR count). The summed E-state index contributed by atoms with van der Waals surface area (Å²) in [6, 6.07) is 4.16. The van der Waals surface area contributed by atoms with Gasteiger partial charge in [-0.05, 0) is 55.6 Å². The molecule has 2 fully saturated rings. The van der Waals surface area contributed by atoms with E-state index in [1.54, 1.807) is 0 Å². The Morgan fingerprint density at radius 3 is 2.81 bits per heavy atom. The standard InChI is InChI=1S/C16H21FN2O2/c1-10(16-7-11-2-3-13(16)4-11)18-9-12-5-14(17)8-15(6-12)19(20)21/h5-6,8,10-11,13,16,18H,2-4,7,9H2,1H3. The van der Waals surface area contributed by atoms with Gasteiger partial charge in [0.1, 0.15) is 5.82 Å². The van der Waals surface area contributed by atoms with E-state index < -0.39 is 10.7 Å². The van der Waals surface area contributed by atoms with Crippen LogP contribution < -0.4 is 5.32 Å². The van der Waals surface area contributed by atoms with Crippen molar-refractivity contribution in [2.24, 2.45) is 17.8 Å². The quantitative estimate of drug-likeness (QED) is 0.665. The highest BCUT2D eigenvalue weighted by Gasteiger charge is 2.41. The van der Waals surface area contributed by atoms with Gasteiger partial charge in [-0.15, -0.1) is 0 Å². The largest absolute Gasteiger partial charge is 0.310 e. The number of nitro benzene ring substituents is 1. The molecule has 0 saturated heterocycles. The molecule has 2 saturated carbocycles. The van der Waals surface area contributed by atoms with Gasteiger partial charge in [0, 0.05) is 18.7 Å². The molecule has 1 aromatic rings. The van der Waals surface area contributed by atoms with Crippen molar-refractivity contribution in [3.63, 3.8) is 0 Å². The second kappa shape index (κ2) is 5.72. The SMILES string of the molecule is CC(NCc1cc(F)cc([N+](=O)[O-])c1)C1CC2CCC1C2. The molecule has 114 valence electrons. The van der Waals surface area contributed by atoms with Crippen LogP contribution in [0.2, 0.25) is 0 Å². The molecule has 0 spiro atoms. The fourth-order valence-corrected chi connectivity index (χ4v) is 4.18. The molecule has 2 bridgehead atoms. The normalized spacial score (nSPS) is 28.8. The molecule has 5 heteroatoms. The van der Waals surface area contributed by atoms with Crippen LogP contribution in [0.25, 0.3) is 0 Å². The number of hydrogen-bond donors (Lipinski definition) is 1. The smallest absolute Gasteiger partial charge is 0.272 e. The van der Waals surface area contributed by atoms with Gasteiger partial charge in [-0.1, -0.05) is 6.42 Å². The third-order valence-electron chi connectivity index (χ3n) is 5.22. The lowest BCUT2D eigenvalue weighted by Gasteiger charge is -2.28. The first-order valence-corrected chi connectivity index (χ1v) is 7.70. The molecule has 2 aliphatic rings. The summed E-state index contributed by atoms with van der Waals surface area (Å²) in [6.45, 7) is 2.66. The highest BCUT2D eigenvalue weighted by Crippen LogP contribution is 2.49. The molecule has 1 N–H and O–H groups in total. The van der Waals surface area contributed by atoms with Gasteiger partial charge in [-0.3, -0.25) is 10.1 Å². The summed E-state index contributed by atoms with van der Waals surface area (Å²) in [7, 11) is 0. The lowest BCUT2D eigenvalue weighted by atomic mass is 9.84. The maximum Gasteiger partial charge on any atom is 0.272 e. The van der Waals surface area contributed by atoms with E-state index in [1.807, 2.05) is 0 Å². The predicted octanol–water partition coefficient (Wildman–Crippen LogP) is 3.65. The summed E-state index contributed by atoms with van der Waals surface area (Å²) in [4.78, 5) is 10.2. The van der Waals surface area contributed by atoms with Crippen molar-refractivity contribution >= 4 is 5.69 Å². The fourth-order valence-electron chi connectivity index (χ4n) is 4.18. The van der Waals surface area contributed by atoms with E-state index in [0.717, 1.165) is 17.9 Å². The molecule has 4 nitrogen and oxygen atoms in total. The highest BCUT2D eigenvalue weighted by atomic mass is 19.1. The van der Waals surface area contributed by atoms with E-state index in [2.05, 4.69) is 12.2 Å². The minimum atomic E-state index is -0.550. The van der Waals surface area contributed by atoms with Gasteiger partial charge in [0.2, 0.25) is 0 Å². The number of nitrogens with one attached hydrogen (secondary N) is 1. The summed E-state index contributed by atoms with van der Waals surface area (Å²) in [5.41, 5.74) is 0.455. The molecule has 0 amide bonds. The van der Waals surface area contributed by atoms with Crippen LogP contribution in [-0.2, 0) is 6.54 Å². The van der Waals surface area contributed by atoms with Crippen LogP contribution in [0, 0.1) is 33.7 Å². The molecule has 0 aliphatic heterocycles. The summed E-state index contributed by atoms with van der Waals surface area (Å²) in [5, 5.41) is 14.2. The average molecular weight is 292 g/mol. The first-order valence-electron chi connectivity index (χ1n) is 7.70. The van der Waals surface area contributed by atoms with Crippen molar-refractivity contribution < 1.29 is 9.31 Å². The third-order valence-corrected chi connectivity index (χ3v) is 5.22. The molecule has 2 aliphatic carbocycles. The maximum absolute atomic E-state index is 13.4. The molecule has 4 unspecified atom stereocenters. The molecular weight excluding hydrogens is 271 g/mol. The summed E-state index contributed by atoms with van der Waals surface area (Å²) in [6.07, 6.45) is 5.38. The van der Waals surface area contributed by atoms with Crippen molar-refractivity contribution in [2.45, 2.75) is 45.2 Å². The highest BCUT2D eigenvalue weighted by molar-refractivity contribution is 5.35. The van der Waals surface area contributed by atoms with Gasteiger partial charge in [0.05, 0.1) is 11.0 Å². The van der Waals surface area contributed by atoms with E-state index in [1.165, 1.54) is 37.8 Å². The van der Waals surface area contributed by atoms with Gasteiger partial charge < -0.3 is 5.32 Å². The van der Waals surface area contributed by atoms with Crippen LogP contribution in [-0.4, -0.2) is 11.0 Å². The number of halogens is 1. The van der Waals surface area contributed by atoms with Crippen LogP contribution >= 0.6 is 0 Å². The van der Waals surface area contributed by atoms with Crippen molar-refractivity contribution in [2.75, 3.05) is 0 Å². The predicted molar refractivity (Wildman–Crippen MR) is 78.3 cm³/mol. The van der Waals surface area contributed by atoms with Gasteiger partial charge in [-0.2, -0.15) is 0 Å². The Kier molecular flexibility index (Phi) is 3.93. The fraction of sp³-hybridized carbons (Fsp3) is 0.625. The number of nitro groups is 1. The van der Waals surface area contributed by atoms with Gasteiger partial charge in [0.15, 0.2) is 0 Å². The molecule has 1 aromatic carbocycles. The second-order valence-electron chi connectivity index (χ2n) is 6.58. The number of fused-ring (bicyclic) bond motifs is 2. The Morgan fingerprint density at radius 1 is 1.38 bits per heavy atom. The summed E-state index contributed by atoms with van der Waals surface area (Å²) < 4.78 is 13.4. The zero-order valence-corrected chi connectivity index (χ0v) is 12.2. The number of nitrogens with zero attached hydrogens (tertiary/aromatic N) is 1. The van der Waals surface area contributed by atoms with Gasteiger partial charge in [-0.25, -0.2) is 4.39 Å². The Balaban J connectivity index is 1.61. The van der Waals surface area contributed by atoms with E-state index in [9.17, 15) is 14.5 Å². The number of benzene rings is 1. The number of hydrogen-bond acceptors (Lipinski definition) is 3. The minimum Gasteiger partial charge on any atom is -0.310 e. The maximum atomic E-state index is 13.4. The van der Waals surface area contributed by atoms with E-state index in [0.29, 0.717) is 24.1 Å². The van der Waals surface area contributed by atoms with Gasteiger partial charge >= 0.3 is 0 Å². The first-order chi connectivity index (χ1) is 10.0.